The van der Waals surface area contributed by atoms with Gasteiger partial charge in [-0.25, -0.2) is 9.78 Å². The van der Waals surface area contributed by atoms with Gasteiger partial charge in [-0.15, -0.1) is 0 Å². The molecule has 1 unspecified atom stereocenters. The second kappa shape index (κ2) is 14.7. The first-order valence-electron chi connectivity index (χ1n) is 12.9. The van der Waals surface area contributed by atoms with Crippen LogP contribution in [0.2, 0.25) is 0 Å². The van der Waals surface area contributed by atoms with Crippen molar-refractivity contribution in [3.05, 3.63) is 42.1 Å². The number of amides is 3. The summed E-state index contributed by atoms with van der Waals surface area (Å²) in [5.41, 5.74) is 0.366. The molecular weight excluding hydrogens is 545 g/mol. The number of piperazine rings is 1. The van der Waals surface area contributed by atoms with Gasteiger partial charge < -0.3 is 39.5 Å². The van der Waals surface area contributed by atoms with Crippen LogP contribution in [0, 0.1) is 0 Å². The molecule has 0 bridgehead atoms. The predicted molar refractivity (Wildman–Crippen MR) is 143 cm³/mol. The Balaban J connectivity index is 1.76. The summed E-state index contributed by atoms with van der Waals surface area (Å²) in [5, 5.41) is 11.5. The van der Waals surface area contributed by atoms with Crippen molar-refractivity contribution in [3.8, 4) is 17.3 Å². The zero-order chi connectivity index (χ0) is 29.1. The topological polar surface area (TPSA) is 192 Å². The monoisotopic (exact) mass is 579 g/mol. The molecule has 40 heavy (non-hydrogen) atoms. The summed E-state index contributed by atoms with van der Waals surface area (Å²) in [6.45, 7) is 2.42. The third-order valence-corrected chi connectivity index (χ3v) is 6.75. The van der Waals surface area contributed by atoms with Crippen LogP contribution in [0.4, 0.5) is 4.79 Å². The number of ether oxygens (including phenoxy) is 2. The van der Waals surface area contributed by atoms with E-state index in [-0.39, 0.29) is 56.8 Å². The summed E-state index contributed by atoms with van der Waals surface area (Å²) in [7, 11) is -4.73. The highest BCUT2D eigenvalue weighted by Crippen LogP contribution is 2.35. The van der Waals surface area contributed by atoms with Crippen LogP contribution in [0.15, 0.2) is 36.4 Å². The quantitative estimate of drug-likeness (QED) is 0.206. The third kappa shape index (κ3) is 9.26. The van der Waals surface area contributed by atoms with Gasteiger partial charge in [0, 0.05) is 37.8 Å². The predicted octanol–water partition coefficient (Wildman–Crippen LogP) is 0.872. The van der Waals surface area contributed by atoms with Gasteiger partial charge in [-0.05, 0) is 6.42 Å². The van der Waals surface area contributed by atoms with Gasteiger partial charge in [0.25, 0.3) is 5.91 Å². The average Bonchev–Trinajstić information content (AvgIpc) is 2.95. The van der Waals surface area contributed by atoms with Crippen LogP contribution >= 0.6 is 7.60 Å². The lowest BCUT2D eigenvalue weighted by atomic mass is 10.2. The Hall–Kier alpha value is -3.58. The minimum atomic E-state index is -4.73. The molecule has 2 aromatic rings. The maximum Gasteiger partial charge on any atom is 0.409 e. The van der Waals surface area contributed by atoms with Crippen molar-refractivity contribution in [2.75, 3.05) is 52.2 Å². The highest BCUT2D eigenvalue weighted by Gasteiger charge is 2.35. The van der Waals surface area contributed by atoms with Crippen molar-refractivity contribution >= 4 is 25.5 Å². The molecular formula is C25H34N5O9P. The number of rotatable bonds is 12. The number of nitrogens with one attached hydrogen (secondary N) is 1. The normalized spacial score (nSPS) is 14.4. The maximum atomic E-state index is 13.3. The minimum absolute atomic E-state index is 0.00661. The second-order valence-corrected chi connectivity index (χ2v) is 10.7. The Bertz CT molecular complexity index is 1200. The summed E-state index contributed by atoms with van der Waals surface area (Å²) in [6.07, 6.45) is 0.198. The Morgan fingerprint density at radius 1 is 1.05 bits per heavy atom. The smallest absolute Gasteiger partial charge is 0.409 e. The van der Waals surface area contributed by atoms with Gasteiger partial charge >= 0.3 is 13.7 Å². The second-order valence-electron chi connectivity index (χ2n) is 9.01. The first-order valence-corrected chi connectivity index (χ1v) is 14.6. The van der Waals surface area contributed by atoms with Crippen LogP contribution in [-0.4, -0.2) is 111 Å². The molecule has 3 rings (SSSR count). The van der Waals surface area contributed by atoms with Gasteiger partial charge in [-0.2, -0.15) is 4.98 Å². The van der Waals surface area contributed by atoms with Crippen LogP contribution in [0.5, 0.6) is 5.88 Å². The lowest BCUT2D eigenvalue weighted by molar-refractivity contribution is -0.134. The first-order chi connectivity index (χ1) is 19.1. The van der Waals surface area contributed by atoms with E-state index in [0.717, 1.165) is 12.8 Å². The zero-order valence-corrected chi connectivity index (χ0v) is 23.0. The number of unbranched alkanes of at least 4 members (excludes halogenated alkanes) is 1. The van der Waals surface area contributed by atoms with Gasteiger partial charge in [0.2, 0.25) is 11.8 Å². The number of hydrogen-bond acceptors (Lipinski definition) is 9. The van der Waals surface area contributed by atoms with E-state index in [1.54, 1.807) is 30.3 Å². The molecule has 1 fully saturated rings. The fourth-order valence-electron chi connectivity index (χ4n) is 3.86. The van der Waals surface area contributed by atoms with Crippen LogP contribution < -0.4 is 10.1 Å². The van der Waals surface area contributed by atoms with E-state index in [0.29, 0.717) is 12.2 Å². The lowest BCUT2D eigenvalue weighted by Gasteiger charge is -2.36. The van der Waals surface area contributed by atoms with E-state index in [4.69, 9.17) is 14.6 Å². The number of carbonyl (C=O) groups is 3. The molecule has 1 saturated heterocycles. The molecule has 1 aromatic carbocycles. The molecule has 14 nitrogen and oxygen atoms in total. The van der Waals surface area contributed by atoms with Gasteiger partial charge in [0.05, 0.1) is 19.4 Å². The van der Waals surface area contributed by atoms with Crippen LogP contribution in [-0.2, 0) is 14.1 Å². The molecule has 3 amide bonds. The number of aliphatic hydroxyl groups is 1. The maximum absolute atomic E-state index is 13.3. The lowest BCUT2D eigenvalue weighted by Crippen LogP contribution is -2.56. The zero-order valence-electron chi connectivity index (χ0n) is 22.1. The van der Waals surface area contributed by atoms with Crippen molar-refractivity contribution in [2.24, 2.45) is 0 Å². The van der Waals surface area contributed by atoms with Crippen LogP contribution in [0.1, 0.15) is 30.3 Å². The van der Waals surface area contributed by atoms with Crippen molar-refractivity contribution in [3.63, 3.8) is 0 Å². The SMILES string of the molecule is CCCCOC(=O)N1CCN(C(=O)C(CP(=O)(O)O)NC(=O)c2cc(OCCO)nc(-c3ccccc3)n2)CC1. The highest BCUT2D eigenvalue weighted by molar-refractivity contribution is 7.51. The molecule has 0 saturated carbocycles. The number of aromatic nitrogens is 2. The molecule has 0 radical (unpaired) electrons. The highest BCUT2D eigenvalue weighted by atomic mass is 31.2. The molecule has 1 aliphatic rings. The largest absolute Gasteiger partial charge is 0.475 e. The summed E-state index contributed by atoms with van der Waals surface area (Å²) >= 11 is 0. The van der Waals surface area contributed by atoms with Crippen molar-refractivity contribution in [2.45, 2.75) is 25.8 Å². The Morgan fingerprint density at radius 3 is 2.35 bits per heavy atom. The van der Waals surface area contributed by atoms with E-state index in [9.17, 15) is 28.7 Å². The summed E-state index contributed by atoms with van der Waals surface area (Å²) < 4.78 is 22.4. The molecule has 1 aliphatic heterocycles. The van der Waals surface area contributed by atoms with Crippen molar-refractivity contribution < 1.29 is 43.3 Å². The van der Waals surface area contributed by atoms with E-state index >= 15 is 0 Å². The van der Waals surface area contributed by atoms with Crippen LogP contribution in [0.3, 0.4) is 0 Å². The van der Waals surface area contributed by atoms with E-state index in [1.807, 2.05) is 6.92 Å². The Labute approximate surface area is 231 Å². The molecule has 4 N–H and O–H groups in total. The Kier molecular flexibility index (Phi) is 11.4. The fourth-order valence-corrected chi connectivity index (χ4v) is 4.59. The summed E-state index contributed by atoms with van der Waals surface area (Å²) in [6, 6.07) is 8.36. The van der Waals surface area contributed by atoms with Gasteiger partial charge in [-0.1, -0.05) is 43.7 Å². The van der Waals surface area contributed by atoms with Gasteiger partial charge in [-0.3, -0.25) is 14.2 Å². The standard InChI is InChI=1S/C25H34N5O9P/c1-2-3-14-39-25(34)30-11-9-29(10-12-30)24(33)20(17-40(35,36)37)27-23(32)19-16-21(38-15-13-31)28-22(26-19)18-7-5-4-6-8-18/h4-8,16,20,31H,2-3,9-15,17H2,1H3,(H,27,32)(H2,35,36,37). The molecule has 0 aliphatic carbocycles. The van der Waals surface area contributed by atoms with E-state index in [2.05, 4.69) is 15.3 Å². The summed E-state index contributed by atoms with van der Waals surface area (Å²) in [4.78, 5) is 69.2. The fraction of sp³-hybridized carbons (Fsp3) is 0.480. The van der Waals surface area contributed by atoms with E-state index < -0.39 is 37.7 Å². The molecule has 218 valence electrons. The average molecular weight is 580 g/mol. The van der Waals surface area contributed by atoms with Crippen LogP contribution in [0.25, 0.3) is 11.4 Å². The molecule has 0 spiro atoms. The number of hydrogen-bond donors (Lipinski definition) is 4. The molecule has 2 heterocycles. The third-order valence-electron chi connectivity index (χ3n) is 5.91. The number of nitrogens with zero attached hydrogens (tertiary/aromatic N) is 4. The molecule has 1 aromatic heterocycles. The first kappa shape index (κ1) is 31.0. The number of carbonyl (C=O) groups excluding carboxylic acids is 3. The summed E-state index contributed by atoms with van der Waals surface area (Å²) in [5.74, 6) is -1.45. The van der Waals surface area contributed by atoms with Crippen molar-refractivity contribution in [1.29, 1.82) is 0 Å². The molecule has 15 heteroatoms. The number of benzene rings is 1. The number of aliphatic hydroxyl groups excluding tert-OH is 1. The van der Waals surface area contributed by atoms with Crippen molar-refractivity contribution in [1.82, 2.24) is 25.1 Å². The van der Waals surface area contributed by atoms with Gasteiger partial charge in [0.1, 0.15) is 18.3 Å². The van der Waals surface area contributed by atoms with E-state index in [1.165, 1.54) is 15.9 Å². The molecule has 1 atom stereocenters. The Morgan fingerprint density at radius 2 is 1.73 bits per heavy atom. The minimum Gasteiger partial charge on any atom is -0.475 e. The van der Waals surface area contributed by atoms with Gasteiger partial charge in [0.15, 0.2) is 5.82 Å².